The maximum Gasteiger partial charge on any atom is 0.157 e. The highest BCUT2D eigenvalue weighted by molar-refractivity contribution is 5.99. The molecule has 0 aliphatic rings. The van der Waals surface area contributed by atoms with Crippen LogP contribution in [0.1, 0.15) is 26.8 Å². The third-order valence-corrected chi connectivity index (χ3v) is 2.91. The van der Waals surface area contributed by atoms with Gasteiger partial charge in [-0.05, 0) is 32.9 Å². The Balaban J connectivity index is 2.70. The highest BCUT2D eigenvalue weighted by atomic mass is 15.1. The summed E-state index contributed by atoms with van der Waals surface area (Å²) in [5.74, 6) is 0.837. The molecule has 2 N–H and O–H groups in total. The number of allylic oxidation sites excluding steroid dienone is 2. The number of nitrogens with zero attached hydrogens (tertiary/aromatic N) is 2. The van der Waals surface area contributed by atoms with E-state index in [4.69, 9.17) is 5.73 Å². The molecule has 3 nitrogen and oxygen atoms in total. The fourth-order valence-electron chi connectivity index (χ4n) is 2.13. The second-order valence-corrected chi connectivity index (χ2v) is 4.52. The average molecular weight is 241 g/mol. The van der Waals surface area contributed by atoms with Crippen molar-refractivity contribution in [2.24, 2.45) is 4.99 Å². The van der Waals surface area contributed by atoms with Gasteiger partial charge in [-0.25, -0.2) is 4.99 Å². The van der Waals surface area contributed by atoms with Gasteiger partial charge >= 0.3 is 0 Å². The summed E-state index contributed by atoms with van der Waals surface area (Å²) in [6.07, 6.45) is 5.63. The molecule has 0 saturated heterocycles. The molecule has 0 saturated carbocycles. The van der Waals surface area contributed by atoms with E-state index in [1.807, 2.05) is 37.3 Å². The smallest absolute Gasteiger partial charge is 0.157 e. The molecule has 2 rings (SSSR count). The second kappa shape index (κ2) is 5.08. The van der Waals surface area contributed by atoms with E-state index < -0.39 is 0 Å². The van der Waals surface area contributed by atoms with Gasteiger partial charge in [0.1, 0.15) is 0 Å². The van der Waals surface area contributed by atoms with E-state index in [2.05, 4.69) is 29.5 Å². The van der Waals surface area contributed by atoms with Gasteiger partial charge < -0.3 is 10.3 Å². The Morgan fingerprint density at radius 1 is 1.28 bits per heavy atom. The van der Waals surface area contributed by atoms with Crippen LogP contribution in [-0.4, -0.2) is 10.8 Å². The Morgan fingerprint density at radius 3 is 2.67 bits per heavy atom. The molecule has 1 aromatic carbocycles. The van der Waals surface area contributed by atoms with Crippen LogP contribution < -0.4 is 5.73 Å². The van der Waals surface area contributed by atoms with Gasteiger partial charge in [0, 0.05) is 17.6 Å². The number of aromatic nitrogens is 1. The van der Waals surface area contributed by atoms with Crippen molar-refractivity contribution < 1.29 is 0 Å². The Hall–Kier alpha value is -2.03. The lowest BCUT2D eigenvalue weighted by Crippen LogP contribution is -2.00. The molecule has 0 aliphatic heterocycles. The van der Waals surface area contributed by atoms with Crippen molar-refractivity contribution in [1.29, 1.82) is 0 Å². The van der Waals surface area contributed by atoms with Crippen molar-refractivity contribution >= 4 is 28.6 Å². The van der Waals surface area contributed by atoms with Gasteiger partial charge in [-0.2, -0.15) is 0 Å². The molecule has 0 aliphatic carbocycles. The molecule has 3 heteroatoms. The zero-order valence-corrected chi connectivity index (χ0v) is 11.1. The van der Waals surface area contributed by atoms with Crippen LogP contribution in [0.3, 0.4) is 0 Å². The summed E-state index contributed by atoms with van der Waals surface area (Å²) in [5, 5.41) is 1.07. The van der Waals surface area contributed by atoms with E-state index in [9.17, 15) is 0 Å². The first-order chi connectivity index (χ1) is 8.66. The van der Waals surface area contributed by atoms with Crippen molar-refractivity contribution in [3.8, 4) is 0 Å². The Labute approximate surface area is 108 Å². The quantitative estimate of drug-likeness (QED) is 0.808. The van der Waals surface area contributed by atoms with Gasteiger partial charge in [-0.15, -0.1) is 0 Å². The molecule has 1 aromatic heterocycles. The largest absolute Gasteiger partial charge is 0.395 e. The molecule has 0 fully saturated rings. The maximum absolute atomic E-state index is 6.20. The second-order valence-electron chi connectivity index (χ2n) is 4.52. The van der Waals surface area contributed by atoms with Crippen LogP contribution in [0.5, 0.6) is 0 Å². The molecule has 0 spiro atoms. The van der Waals surface area contributed by atoms with E-state index >= 15 is 0 Å². The summed E-state index contributed by atoms with van der Waals surface area (Å²) in [7, 11) is 0. The molecule has 0 bridgehead atoms. The number of hydrogen-bond acceptors (Lipinski definition) is 2. The van der Waals surface area contributed by atoms with Crippen LogP contribution in [0.4, 0.5) is 11.5 Å². The molecule has 18 heavy (non-hydrogen) atoms. The number of benzene rings is 1. The summed E-state index contributed by atoms with van der Waals surface area (Å²) in [6, 6.07) is 8.48. The molecule has 94 valence electrons. The Kier molecular flexibility index (Phi) is 3.51. The lowest BCUT2D eigenvalue weighted by atomic mass is 10.2. The van der Waals surface area contributed by atoms with Crippen molar-refractivity contribution in [1.82, 2.24) is 4.57 Å². The first kappa shape index (κ1) is 12.4. The van der Waals surface area contributed by atoms with Crippen LogP contribution in [0.25, 0.3) is 10.9 Å². The highest BCUT2D eigenvalue weighted by Crippen LogP contribution is 2.37. The normalized spacial score (nSPS) is 12.4. The van der Waals surface area contributed by atoms with Crippen LogP contribution >= 0.6 is 0 Å². The summed E-state index contributed by atoms with van der Waals surface area (Å²) >= 11 is 0. The number of nitrogen functional groups attached to an aromatic ring is 1. The van der Waals surface area contributed by atoms with Crippen molar-refractivity contribution in [2.75, 3.05) is 5.73 Å². The molecule has 2 aromatic rings. The van der Waals surface area contributed by atoms with E-state index in [-0.39, 0.29) is 0 Å². The monoisotopic (exact) mass is 241 g/mol. The van der Waals surface area contributed by atoms with Gasteiger partial charge in [0.25, 0.3) is 0 Å². The van der Waals surface area contributed by atoms with Crippen LogP contribution in [0.15, 0.2) is 41.4 Å². The summed E-state index contributed by atoms with van der Waals surface area (Å²) in [5.41, 5.74) is 8.09. The predicted octanol–water partition coefficient (Wildman–Crippen LogP) is 4.08. The fourth-order valence-corrected chi connectivity index (χ4v) is 2.13. The zero-order valence-electron chi connectivity index (χ0n) is 11.1. The van der Waals surface area contributed by atoms with Gasteiger partial charge in [0.15, 0.2) is 5.82 Å². The Morgan fingerprint density at radius 2 is 2.00 bits per heavy atom. The first-order valence-electron chi connectivity index (χ1n) is 6.20. The number of hydrogen-bond donors (Lipinski definition) is 1. The van der Waals surface area contributed by atoms with Crippen LogP contribution in [0.2, 0.25) is 0 Å². The number of fused-ring (bicyclic) bond motifs is 1. The van der Waals surface area contributed by atoms with E-state index in [1.54, 1.807) is 6.21 Å². The van der Waals surface area contributed by atoms with Crippen LogP contribution in [0, 0.1) is 0 Å². The van der Waals surface area contributed by atoms with Crippen molar-refractivity contribution in [3.05, 3.63) is 36.4 Å². The SMILES string of the molecule is C/C=C\C=Nc1c(N)c2ccccc2n1C(C)C. The number of nitrogens with two attached hydrogens (primary N) is 1. The number of anilines is 1. The summed E-state index contributed by atoms with van der Waals surface area (Å²) in [6.45, 7) is 6.24. The van der Waals surface area contributed by atoms with E-state index in [1.165, 1.54) is 0 Å². The predicted molar refractivity (Wildman–Crippen MR) is 79.7 cm³/mol. The lowest BCUT2D eigenvalue weighted by molar-refractivity contribution is 0.627. The van der Waals surface area contributed by atoms with Gasteiger partial charge in [0.05, 0.1) is 11.2 Å². The lowest BCUT2D eigenvalue weighted by Gasteiger charge is -2.11. The Bertz CT molecular complexity index is 603. The molecular weight excluding hydrogens is 222 g/mol. The molecule has 0 radical (unpaired) electrons. The minimum absolute atomic E-state index is 0.324. The highest BCUT2D eigenvalue weighted by Gasteiger charge is 2.15. The first-order valence-corrected chi connectivity index (χ1v) is 6.20. The molecule has 0 unspecified atom stereocenters. The summed E-state index contributed by atoms with van der Waals surface area (Å²) < 4.78 is 2.17. The summed E-state index contributed by atoms with van der Waals surface area (Å²) in [4.78, 5) is 4.48. The van der Waals surface area contributed by atoms with Gasteiger partial charge in [-0.3, -0.25) is 0 Å². The topological polar surface area (TPSA) is 43.3 Å². The third kappa shape index (κ3) is 2.04. The number of aliphatic imine (C=N–C) groups is 1. The molecule has 0 amide bonds. The van der Waals surface area contributed by atoms with Crippen molar-refractivity contribution in [3.63, 3.8) is 0 Å². The van der Waals surface area contributed by atoms with E-state index in [0.717, 1.165) is 22.4 Å². The van der Waals surface area contributed by atoms with Gasteiger partial charge in [0.2, 0.25) is 0 Å². The average Bonchev–Trinajstić information content (AvgIpc) is 2.64. The zero-order chi connectivity index (χ0) is 13.1. The fraction of sp³-hybridized carbons (Fsp3) is 0.267. The number of rotatable bonds is 3. The third-order valence-electron chi connectivity index (χ3n) is 2.91. The van der Waals surface area contributed by atoms with E-state index in [0.29, 0.717) is 6.04 Å². The minimum atomic E-state index is 0.324. The number of para-hydroxylation sites is 1. The maximum atomic E-state index is 6.20. The molecule has 1 heterocycles. The van der Waals surface area contributed by atoms with Gasteiger partial charge in [-0.1, -0.05) is 24.3 Å². The standard InChI is InChI=1S/C15H19N3/c1-4-5-10-17-15-14(16)12-8-6-7-9-13(12)18(15)11(2)3/h4-11H,16H2,1-3H3/b5-4-,17-10?. The van der Waals surface area contributed by atoms with Crippen molar-refractivity contribution in [2.45, 2.75) is 26.8 Å². The van der Waals surface area contributed by atoms with Crippen LogP contribution in [-0.2, 0) is 0 Å². The molecular formula is C15H19N3. The minimum Gasteiger partial charge on any atom is -0.395 e. The molecule has 0 atom stereocenters.